The molecule has 0 saturated heterocycles. The number of carbonyl (C=O) groups excluding carboxylic acids is 4. The van der Waals surface area contributed by atoms with Crippen molar-refractivity contribution in [2.45, 2.75) is 20.8 Å². The van der Waals surface area contributed by atoms with Crippen molar-refractivity contribution in [2.24, 2.45) is 0 Å². The first kappa shape index (κ1) is 26.9. The minimum Gasteiger partial charge on any atom is -0.462 e. The van der Waals surface area contributed by atoms with Crippen molar-refractivity contribution < 1.29 is 28.7 Å². The molecule has 1 aliphatic heterocycles. The number of aryl methyl sites for hydroxylation is 2. The van der Waals surface area contributed by atoms with Gasteiger partial charge in [-0.1, -0.05) is 35.3 Å². The van der Waals surface area contributed by atoms with E-state index in [9.17, 15) is 19.2 Å². The highest BCUT2D eigenvalue weighted by Crippen LogP contribution is 2.33. The highest BCUT2D eigenvalue weighted by molar-refractivity contribution is 6.53. The molecule has 0 radical (unpaired) electrons. The van der Waals surface area contributed by atoms with Crippen LogP contribution in [0.5, 0.6) is 5.75 Å². The zero-order chi connectivity index (χ0) is 27.6. The molecule has 10 heteroatoms. The topological polar surface area (TPSA) is 102 Å². The van der Waals surface area contributed by atoms with Crippen molar-refractivity contribution >= 4 is 58.3 Å². The number of carbonyl (C=O) groups is 4. The van der Waals surface area contributed by atoms with Crippen LogP contribution in [0, 0.1) is 13.8 Å². The highest BCUT2D eigenvalue weighted by Gasteiger charge is 2.40. The van der Waals surface area contributed by atoms with Gasteiger partial charge in [-0.2, -0.15) is 0 Å². The molecular formula is C28H22Cl2N2O6. The van der Waals surface area contributed by atoms with Crippen LogP contribution in [-0.2, 0) is 14.3 Å². The van der Waals surface area contributed by atoms with E-state index < -0.39 is 23.8 Å². The Balaban J connectivity index is 1.51. The lowest BCUT2D eigenvalue weighted by molar-refractivity contribution is -0.120. The van der Waals surface area contributed by atoms with E-state index in [2.05, 4.69) is 5.32 Å². The second kappa shape index (κ2) is 11.1. The van der Waals surface area contributed by atoms with E-state index in [-0.39, 0.29) is 34.2 Å². The fraction of sp³-hybridized carbons (Fsp3) is 0.143. The van der Waals surface area contributed by atoms with Gasteiger partial charge in [0.15, 0.2) is 0 Å². The minimum absolute atomic E-state index is 0.0516. The minimum atomic E-state index is -0.787. The number of amides is 2. The van der Waals surface area contributed by atoms with Crippen LogP contribution in [0.3, 0.4) is 0 Å². The molecule has 2 amide bonds. The van der Waals surface area contributed by atoms with Crippen LogP contribution in [-0.4, -0.2) is 30.4 Å². The molecule has 194 valence electrons. The summed E-state index contributed by atoms with van der Waals surface area (Å²) >= 11 is 12.4. The van der Waals surface area contributed by atoms with E-state index in [1.54, 1.807) is 43.3 Å². The molecule has 38 heavy (non-hydrogen) atoms. The third kappa shape index (κ3) is 5.27. The van der Waals surface area contributed by atoms with Crippen LogP contribution >= 0.6 is 23.2 Å². The molecule has 4 rings (SSSR count). The molecule has 0 bridgehead atoms. The number of hydrogen-bond acceptors (Lipinski definition) is 7. The normalized spacial score (nSPS) is 13.1. The second-order valence-electron chi connectivity index (χ2n) is 8.34. The average molecular weight is 553 g/mol. The van der Waals surface area contributed by atoms with Crippen molar-refractivity contribution in [1.82, 2.24) is 0 Å². The zero-order valence-electron chi connectivity index (χ0n) is 20.6. The van der Waals surface area contributed by atoms with Gasteiger partial charge in [-0.3, -0.25) is 9.59 Å². The van der Waals surface area contributed by atoms with Gasteiger partial charge in [0.05, 0.1) is 23.4 Å². The molecule has 0 fully saturated rings. The monoisotopic (exact) mass is 552 g/mol. The number of hydrogen-bond donors (Lipinski definition) is 1. The predicted molar refractivity (Wildman–Crippen MR) is 144 cm³/mol. The van der Waals surface area contributed by atoms with Crippen molar-refractivity contribution in [3.8, 4) is 5.75 Å². The van der Waals surface area contributed by atoms with Gasteiger partial charge < -0.3 is 14.8 Å². The number of anilines is 2. The molecule has 0 unspecified atom stereocenters. The molecule has 3 aromatic carbocycles. The van der Waals surface area contributed by atoms with E-state index in [0.717, 1.165) is 16.0 Å². The molecule has 3 aromatic rings. The van der Waals surface area contributed by atoms with Gasteiger partial charge >= 0.3 is 11.9 Å². The smallest absolute Gasteiger partial charge is 0.343 e. The number of nitrogens with one attached hydrogen (secondary N) is 1. The standard InChI is InChI=1S/C28H22Cl2N2O6/c1-4-37-28(36)20-7-5-6-8-21(20)32-25(33)23(30)24(26(32)34)31-18-11-9-17(10-12-18)27(35)38-19-13-15(2)22(29)16(3)14-19/h5-14,31H,4H2,1-3H3. The molecule has 0 atom stereocenters. The summed E-state index contributed by atoms with van der Waals surface area (Å²) < 4.78 is 10.5. The van der Waals surface area contributed by atoms with E-state index in [0.29, 0.717) is 16.5 Å². The fourth-order valence-corrected chi connectivity index (χ4v) is 4.17. The van der Waals surface area contributed by atoms with E-state index in [1.165, 1.54) is 24.3 Å². The third-order valence-electron chi connectivity index (χ3n) is 5.68. The number of halogens is 2. The zero-order valence-corrected chi connectivity index (χ0v) is 22.1. The summed E-state index contributed by atoms with van der Waals surface area (Å²) in [5.74, 6) is -2.42. The molecule has 8 nitrogen and oxygen atoms in total. The average Bonchev–Trinajstić information content (AvgIpc) is 3.10. The van der Waals surface area contributed by atoms with Crippen molar-refractivity contribution in [3.05, 3.63) is 98.7 Å². The Bertz CT molecular complexity index is 1470. The molecular weight excluding hydrogens is 531 g/mol. The lowest BCUT2D eigenvalue weighted by Gasteiger charge is -2.18. The van der Waals surface area contributed by atoms with E-state index >= 15 is 0 Å². The predicted octanol–water partition coefficient (Wildman–Crippen LogP) is 5.79. The van der Waals surface area contributed by atoms with Gasteiger partial charge in [0.1, 0.15) is 16.5 Å². The number of imide groups is 1. The summed E-state index contributed by atoms with van der Waals surface area (Å²) in [6.45, 7) is 5.41. The molecule has 0 aromatic heterocycles. The Kier molecular flexibility index (Phi) is 7.85. The molecule has 0 saturated carbocycles. The number of esters is 2. The van der Waals surface area contributed by atoms with E-state index in [1.807, 2.05) is 13.8 Å². The van der Waals surface area contributed by atoms with Gasteiger partial charge in [-0.05, 0) is 80.4 Å². The van der Waals surface area contributed by atoms with Crippen molar-refractivity contribution in [3.63, 3.8) is 0 Å². The van der Waals surface area contributed by atoms with Crippen LogP contribution in [0.4, 0.5) is 11.4 Å². The quantitative estimate of drug-likeness (QED) is 0.225. The number of ether oxygens (including phenoxy) is 2. The van der Waals surface area contributed by atoms with Crippen LogP contribution in [0.15, 0.2) is 71.4 Å². The summed E-state index contributed by atoms with van der Waals surface area (Å²) in [5, 5.41) is 3.10. The number of benzene rings is 3. The van der Waals surface area contributed by atoms with Crippen LogP contribution in [0.2, 0.25) is 5.02 Å². The lowest BCUT2D eigenvalue weighted by atomic mass is 10.1. The van der Waals surface area contributed by atoms with Crippen molar-refractivity contribution in [2.75, 3.05) is 16.8 Å². The third-order valence-corrected chi connectivity index (χ3v) is 6.62. The summed E-state index contributed by atoms with van der Waals surface area (Å²) in [6.07, 6.45) is 0. The summed E-state index contributed by atoms with van der Waals surface area (Å²) in [6, 6.07) is 15.5. The largest absolute Gasteiger partial charge is 0.462 e. The maximum absolute atomic E-state index is 13.2. The lowest BCUT2D eigenvalue weighted by Crippen LogP contribution is -2.33. The van der Waals surface area contributed by atoms with Gasteiger partial charge in [0.25, 0.3) is 11.8 Å². The van der Waals surface area contributed by atoms with Crippen molar-refractivity contribution in [1.29, 1.82) is 0 Å². The molecule has 1 aliphatic rings. The Morgan fingerprint density at radius 3 is 2.16 bits per heavy atom. The highest BCUT2D eigenvalue weighted by atomic mass is 35.5. The molecule has 1 N–H and O–H groups in total. The Labute approximate surface area is 228 Å². The number of rotatable bonds is 7. The Morgan fingerprint density at radius 1 is 0.895 bits per heavy atom. The van der Waals surface area contributed by atoms with Crippen LogP contribution in [0.1, 0.15) is 38.8 Å². The molecule has 0 aliphatic carbocycles. The second-order valence-corrected chi connectivity index (χ2v) is 9.09. The summed E-state index contributed by atoms with van der Waals surface area (Å²) in [7, 11) is 0. The first-order chi connectivity index (χ1) is 18.1. The van der Waals surface area contributed by atoms with Crippen LogP contribution in [0.25, 0.3) is 0 Å². The van der Waals surface area contributed by atoms with Gasteiger partial charge in [-0.25, -0.2) is 14.5 Å². The maximum atomic E-state index is 13.2. The summed E-state index contributed by atoms with van der Waals surface area (Å²) in [4.78, 5) is 51.9. The van der Waals surface area contributed by atoms with E-state index in [4.69, 9.17) is 32.7 Å². The Hall–Kier alpha value is -4.14. The SMILES string of the molecule is CCOC(=O)c1ccccc1N1C(=O)C(Cl)=C(Nc2ccc(C(=O)Oc3cc(C)c(Cl)c(C)c3)cc2)C1=O. The summed E-state index contributed by atoms with van der Waals surface area (Å²) in [5.41, 5.74) is 2.17. The molecule has 1 heterocycles. The number of nitrogens with zero attached hydrogens (tertiary/aromatic N) is 1. The Morgan fingerprint density at radius 2 is 1.53 bits per heavy atom. The maximum Gasteiger partial charge on any atom is 0.343 e. The first-order valence-corrected chi connectivity index (χ1v) is 12.3. The number of para-hydroxylation sites is 1. The first-order valence-electron chi connectivity index (χ1n) is 11.5. The van der Waals surface area contributed by atoms with Gasteiger partial charge in [-0.15, -0.1) is 0 Å². The van der Waals surface area contributed by atoms with Gasteiger partial charge in [0.2, 0.25) is 0 Å². The fourth-order valence-electron chi connectivity index (χ4n) is 3.85. The van der Waals surface area contributed by atoms with Gasteiger partial charge in [0, 0.05) is 10.7 Å². The molecule has 0 spiro atoms. The van der Waals surface area contributed by atoms with Crippen LogP contribution < -0.4 is 15.0 Å².